The largest absolute Gasteiger partial charge is 0.390 e. The van der Waals surface area contributed by atoms with Gasteiger partial charge in [-0.1, -0.05) is 31.2 Å². The minimum Gasteiger partial charge on any atom is -0.390 e. The van der Waals surface area contributed by atoms with Crippen LogP contribution in [-0.2, 0) is 18.4 Å². The lowest BCUT2D eigenvalue weighted by atomic mass is 9.99. The summed E-state index contributed by atoms with van der Waals surface area (Å²) in [6.07, 6.45) is 2.46. The summed E-state index contributed by atoms with van der Waals surface area (Å²) in [5.41, 5.74) is 8.95. The fourth-order valence-electron chi connectivity index (χ4n) is 3.37. The SMILES string of the molecule is CCc1cccc(C2(NC[C@@H](O)C(N)Cc3cc(F)cc(F)c3)CC2)c1. The Labute approximate surface area is 153 Å². The van der Waals surface area contributed by atoms with Gasteiger partial charge in [-0.3, -0.25) is 0 Å². The summed E-state index contributed by atoms with van der Waals surface area (Å²) >= 11 is 0. The average Bonchev–Trinajstić information content (AvgIpc) is 3.40. The summed E-state index contributed by atoms with van der Waals surface area (Å²) < 4.78 is 26.6. The quantitative estimate of drug-likeness (QED) is 0.678. The Morgan fingerprint density at radius 1 is 1.12 bits per heavy atom. The van der Waals surface area contributed by atoms with Gasteiger partial charge in [0.15, 0.2) is 0 Å². The number of nitrogens with one attached hydrogen (secondary N) is 1. The minimum absolute atomic E-state index is 0.0865. The molecule has 0 aliphatic heterocycles. The molecule has 2 aromatic rings. The average molecular weight is 360 g/mol. The van der Waals surface area contributed by atoms with Crippen LogP contribution in [0.25, 0.3) is 0 Å². The number of aliphatic hydroxyl groups is 1. The molecule has 2 aromatic carbocycles. The van der Waals surface area contributed by atoms with E-state index in [0.717, 1.165) is 25.3 Å². The van der Waals surface area contributed by atoms with Crippen LogP contribution in [0.1, 0.15) is 36.5 Å². The number of hydrogen-bond donors (Lipinski definition) is 3. The van der Waals surface area contributed by atoms with E-state index in [1.54, 1.807) is 0 Å². The standard InChI is InChI=1S/C21H26F2N2O/c1-2-14-4-3-5-16(8-14)21(6-7-21)25-13-20(26)19(24)11-15-9-17(22)12-18(23)10-15/h3-5,8-10,12,19-20,25-26H,2,6-7,11,13,24H2,1H3/t19?,20-/m1/s1. The molecule has 5 heteroatoms. The van der Waals surface area contributed by atoms with Gasteiger partial charge in [-0.25, -0.2) is 8.78 Å². The van der Waals surface area contributed by atoms with Crippen LogP contribution in [0.5, 0.6) is 0 Å². The molecule has 0 spiro atoms. The maximum atomic E-state index is 13.3. The molecule has 0 heterocycles. The first-order valence-electron chi connectivity index (χ1n) is 9.15. The summed E-state index contributed by atoms with van der Waals surface area (Å²) in [7, 11) is 0. The lowest BCUT2D eigenvalue weighted by Crippen LogP contribution is -2.45. The van der Waals surface area contributed by atoms with Crippen LogP contribution < -0.4 is 11.1 Å². The molecule has 140 valence electrons. The molecule has 3 nitrogen and oxygen atoms in total. The molecule has 4 N–H and O–H groups in total. The number of benzene rings is 2. The third kappa shape index (κ3) is 4.47. The molecule has 2 atom stereocenters. The van der Waals surface area contributed by atoms with Crippen molar-refractivity contribution in [2.24, 2.45) is 5.73 Å². The smallest absolute Gasteiger partial charge is 0.126 e. The van der Waals surface area contributed by atoms with Gasteiger partial charge in [0, 0.05) is 24.2 Å². The first-order chi connectivity index (χ1) is 12.4. The Bertz CT molecular complexity index is 741. The molecule has 0 amide bonds. The highest BCUT2D eigenvalue weighted by molar-refractivity contribution is 5.34. The summed E-state index contributed by atoms with van der Waals surface area (Å²) in [5.74, 6) is -1.26. The molecular formula is C21H26F2N2O. The van der Waals surface area contributed by atoms with E-state index >= 15 is 0 Å². The molecule has 1 aliphatic carbocycles. The number of hydrogen-bond acceptors (Lipinski definition) is 3. The zero-order valence-corrected chi connectivity index (χ0v) is 15.0. The third-order valence-electron chi connectivity index (χ3n) is 5.18. The molecule has 1 unspecified atom stereocenters. The zero-order valence-electron chi connectivity index (χ0n) is 15.0. The maximum absolute atomic E-state index is 13.3. The van der Waals surface area contributed by atoms with Gasteiger partial charge in [-0.2, -0.15) is 0 Å². The van der Waals surface area contributed by atoms with Crippen LogP contribution in [0.3, 0.4) is 0 Å². The Kier molecular flexibility index (Phi) is 5.70. The lowest BCUT2D eigenvalue weighted by molar-refractivity contribution is 0.136. The zero-order chi connectivity index (χ0) is 18.7. The second-order valence-electron chi connectivity index (χ2n) is 7.23. The van der Waals surface area contributed by atoms with Crippen molar-refractivity contribution in [3.63, 3.8) is 0 Å². The van der Waals surface area contributed by atoms with E-state index in [9.17, 15) is 13.9 Å². The van der Waals surface area contributed by atoms with Crippen molar-refractivity contribution in [3.8, 4) is 0 Å². The van der Waals surface area contributed by atoms with E-state index in [-0.39, 0.29) is 12.0 Å². The van der Waals surface area contributed by atoms with Gasteiger partial charge in [0.25, 0.3) is 0 Å². The first-order valence-corrected chi connectivity index (χ1v) is 9.15. The highest BCUT2D eigenvalue weighted by atomic mass is 19.1. The molecule has 0 saturated heterocycles. The minimum atomic E-state index is -0.798. The highest BCUT2D eigenvalue weighted by Crippen LogP contribution is 2.45. The van der Waals surface area contributed by atoms with Gasteiger partial charge in [0.1, 0.15) is 11.6 Å². The van der Waals surface area contributed by atoms with E-state index in [4.69, 9.17) is 5.73 Å². The van der Waals surface area contributed by atoms with Crippen molar-refractivity contribution in [1.82, 2.24) is 5.32 Å². The fraction of sp³-hybridized carbons (Fsp3) is 0.429. The van der Waals surface area contributed by atoms with Crippen molar-refractivity contribution in [1.29, 1.82) is 0 Å². The van der Waals surface area contributed by atoms with E-state index in [2.05, 4.69) is 36.5 Å². The first kappa shape index (κ1) is 19.0. The van der Waals surface area contributed by atoms with E-state index < -0.39 is 23.8 Å². The third-order valence-corrected chi connectivity index (χ3v) is 5.18. The summed E-state index contributed by atoms with van der Waals surface area (Å²) in [4.78, 5) is 0. The fourth-order valence-corrected chi connectivity index (χ4v) is 3.37. The highest BCUT2D eigenvalue weighted by Gasteiger charge is 2.44. The molecule has 0 radical (unpaired) electrons. The van der Waals surface area contributed by atoms with Crippen LogP contribution in [-0.4, -0.2) is 23.8 Å². The van der Waals surface area contributed by atoms with Crippen molar-refractivity contribution >= 4 is 0 Å². The van der Waals surface area contributed by atoms with Gasteiger partial charge in [-0.15, -0.1) is 0 Å². The van der Waals surface area contributed by atoms with E-state index in [0.29, 0.717) is 12.1 Å². The van der Waals surface area contributed by atoms with Gasteiger partial charge in [-0.05, 0) is 54.5 Å². The molecule has 3 rings (SSSR count). The second-order valence-corrected chi connectivity index (χ2v) is 7.23. The normalized spacial score (nSPS) is 17.7. The monoisotopic (exact) mass is 360 g/mol. The number of rotatable bonds is 8. The van der Waals surface area contributed by atoms with Gasteiger partial charge < -0.3 is 16.2 Å². The summed E-state index contributed by atoms with van der Waals surface area (Å²) in [6, 6.07) is 11.2. The van der Waals surface area contributed by atoms with Crippen LogP contribution in [0, 0.1) is 11.6 Å². The molecule has 1 aliphatic rings. The van der Waals surface area contributed by atoms with Gasteiger partial charge in [0.2, 0.25) is 0 Å². The predicted octanol–water partition coefficient (Wildman–Crippen LogP) is 3.04. The molecule has 0 bridgehead atoms. The number of aryl methyl sites for hydroxylation is 1. The molecule has 1 fully saturated rings. The number of halogens is 2. The van der Waals surface area contributed by atoms with Crippen LogP contribution >= 0.6 is 0 Å². The predicted molar refractivity (Wildman–Crippen MR) is 98.8 cm³/mol. The Balaban J connectivity index is 1.58. The maximum Gasteiger partial charge on any atom is 0.126 e. The molecular weight excluding hydrogens is 334 g/mol. The molecule has 0 aromatic heterocycles. The summed E-state index contributed by atoms with van der Waals surface area (Å²) in [5, 5.41) is 13.8. The van der Waals surface area contributed by atoms with Gasteiger partial charge >= 0.3 is 0 Å². The van der Waals surface area contributed by atoms with E-state index in [1.807, 2.05) is 0 Å². The number of aliphatic hydroxyl groups excluding tert-OH is 1. The van der Waals surface area contributed by atoms with E-state index in [1.165, 1.54) is 23.3 Å². The van der Waals surface area contributed by atoms with Crippen molar-refractivity contribution in [2.45, 2.75) is 50.3 Å². The molecule has 1 saturated carbocycles. The number of nitrogens with two attached hydrogens (primary N) is 1. The van der Waals surface area contributed by atoms with Crippen LogP contribution in [0.4, 0.5) is 8.78 Å². The van der Waals surface area contributed by atoms with Gasteiger partial charge in [0.05, 0.1) is 6.10 Å². The topological polar surface area (TPSA) is 58.3 Å². The second kappa shape index (κ2) is 7.82. The van der Waals surface area contributed by atoms with Crippen molar-refractivity contribution < 1.29 is 13.9 Å². The van der Waals surface area contributed by atoms with Crippen LogP contribution in [0.2, 0.25) is 0 Å². The molecule has 26 heavy (non-hydrogen) atoms. The van der Waals surface area contributed by atoms with Crippen molar-refractivity contribution in [3.05, 3.63) is 70.8 Å². The van der Waals surface area contributed by atoms with Crippen LogP contribution in [0.15, 0.2) is 42.5 Å². The lowest BCUT2D eigenvalue weighted by Gasteiger charge is -2.24. The Hall–Kier alpha value is -1.82. The van der Waals surface area contributed by atoms with Crippen molar-refractivity contribution in [2.75, 3.05) is 6.54 Å². The Morgan fingerprint density at radius 2 is 1.81 bits per heavy atom. The Morgan fingerprint density at radius 3 is 2.42 bits per heavy atom. The summed E-state index contributed by atoms with van der Waals surface area (Å²) in [6.45, 7) is 2.47.